The molecular weight excluding hydrogens is 216 g/mol. The first kappa shape index (κ1) is 12.8. The fraction of sp³-hybridized carbons (Fsp3) is 0.923. The van der Waals surface area contributed by atoms with Crippen molar-refractivity contribution in [2.45, 2.75) is 44.8 Å². The Morgan fingerprint density at radius 3 is 2.71 bits per heavy atom. The van der Waals surface area contributed by atoms with E-state index in [9.17, 15) is 4.79 Å². The third-order valence-electron chi connectivity index (χ3n) is 4.32. The Morgan fingerprint density at radius 1 is 1.35 bits per heavy atom. The highest BCUT2D eigenvalue weighted by Crippen LogP contribution is 2.31. The minimum Gasteiger partial charge on any atom is -0.380 e. The molecule has 98 valence electrons. The molecule has 1 aliphatic heterocycles. The van der Waals surface area contributed by atoms with Gasteiger partial charge in [0.05, 0.1) is 6.10 Å². The number of methoxy groups -OCH3 is 1. The summed E-state index contributed by atoms with van der Waals surface area (Å²) >= 11 is 0. The Morgan fingerprint density at radius 2 is 2.12 bits per heavy atom. The van der Waals surface area contributed by atoms with Crippen molar-refractivity contribution in [3.8, 4) is 0 Å². The number of carbonyl (C=O) groups excluding carboxylic acids is 1. The predicted molar refractivity (Wildman–Crippen MR) is 66.5 cm³/mol. The average Bonchev–Trinajstić information content (AvgIpc) is 2.76. The number of likely N-dealkylation sites (tertiary alicyclic amines) is 1. The van der Waals surface area contributed by atoms with Gasteiger partial charge in [-0.25, -0.2) is 0 Å². The van der Waals surface area contributed by atoms with Gasteiger partial charge in [0, 0.05) is 32.2 Å². The lowest BCUT2D eigenvalue weighted by atomic mass is 9.77. The molecule has 2 N–H and O–H groups in total. The monoisotopic (exact) mass is 240 g/mol. The predicted octanol–water partition coefficient (Wildman–Crippen LogP) is 0.997. The van der Waals surface area contributed by atoms with Crippen molar-refractivity contribution >= 4 is 5.91 Å². The van der Waals surface area contributed by atoms with Crippen molar-refractivity contribution in [1.29, 1.82) is 0 Å². The van der Waals surface area contributed by atoms with Crippen LogP contribution in [-0.2, 0) is 9.53 Å². The first-order valence-corrected chi connectivity index (χ1v) is 6.69. The van der Waals surface area contributed by atoms with Crippen LogP contribution in [0.15, 0.2) is 0 Å². The minimum absolute atomic E-state index is 0.186. The molecule has 4 nitrogen and oxygen atoms in total. The van der Waals surface area contributed by atoms with Gasteiger partial charge in [-0.3, -0.25) is 4.79 Å². The molecule has 4 heteroatoms. The van der Waals surface area contributed by atoms with Crippen molar-refractivity contribution in [3.63, 3.8) is 0 Å². The first-order chi connectivity index (χ1) is 8.11. The quantitative estimate of drug-likeness (QED) is 0.783. The van der Waals surface area contributed by atoms with Gasteiger partial charge in [-0.2, -0.15) is 0 Å². The van der Waals surface area contributed by atoms with Crippen LogP contribution in [0, 0.1) is 11.8 Å². The van der Waals surface area contributed by atoms with Crippen LogP contribution < -0.4 is 5.73 Å². The van der Waals surface area contributed by atoms with Gasteiger partial charge >= 0.3 is 0 Å². The third-order valence-corrected chi connectivity index (χ3v) is 4.32. The maximum Gasteiger partial charge on any atom is 0.226 e. The van der Waals surface area contributed by atoms with E-state index >= 15 is 0 Å². The Kier molecular flexibility index (Phi) is 4.05. The maximum atomic E-state index is 12.4. The van der Waals surface area contributed by atoms with E-state index in [4.69, 9.17) is 10.5 Å². The zero-order valence-electron chi connectivity index (χ0n) is 10.9. The number of nitrogens with zero attached hydrogens (tertiary/aromatic N) is 1. The maximum absolute atomic E-state index is 12.4. The molecule has 0 bridgehead atoms. The second-order valence-electron chi connectivity index (χ2n) is 5.59. The zero-order chi connectivity index (χ0) is 12.4. The lowest BCUT2D eigenvalue weighted by Crippen LogP contribution is -2.42. The molecule has 4 unspecified atom stereocenters. The molecule has 1 heterocycles. The van der Waals surface area contributed by atoms with Crippen LogP contribution in [0.5, 0.6) is 0 Å². The van der Waals surface area contributed by atoms with Gasteiger partial charge in [-0.15, -0.1) is 0 Å². The summed E-state index contributed by atoms with van der Waals surface area (Å²) in [5.41, 5.74) is 5.94. The topological polar surface area (TPSA) is 55.6 Å². The van der Waals surface area contributed by atoms with Crippen LogP contribution in [-0.4, -0.2) is 43.2 Å². The molecule has 2 fully saturated rings. The van der Waals surface area contributed by atoms with Crippen LogP contribution in [0.1, 0.15) is 32.6 Å². The first-order valence-electron chi connectivity index (χ1n) is 6.69. The van der Waals surface area contributed by atoms with Crippen molar-refractivity contribution in [2.24, 2.45) is 17.6 Å². The molecule has 0 aromatic carbocycles. The van der Waals surface area contributed by atoms with E-state index in [0.29, 0.717) is 17.9 Å². The van der Waals surface area contributed by atoms with Gasteiger partial charge in [0.25, 0.3) is 0 Å². The van der Waals surface area contributed by atoms with E-state index in [2.05, 4.69) is 6.92 Å². The van der Waals surface area contributed by atoms with Crippen molar-refractivity contribution in [1.82, 2.24) is 4.90 Å². The summed E-state index contributed by atoms with van der Waals surface area (Å²) in [6.07, 6.45) is 4.14. The van der Waals surface area contributed by atoms with Crippen LogP contribution in [0.25, 0.3) is 0 Å². The number of amides is 1. The Hall–Kier alpha value is -0.610. The number of hydrogen-bond donors (Lipinski definition) is 1. The van der Waals surface area contributed by atoms with Crippen LogP contribution >= 0.6 is 0 Å². The smallest absolute Gasteiger partial charge is 0.226 e. The van der Waals surface area contributed by atoms with Gasteiger partial charge in [0.2, 0.25) is 5.91 Å². The highest BCUT2D eigenvalue weighted by Gasteiger charge is 2.36. The largest absolute Gasteiger partial charge is 0.380 e. The number of carbonyl (C=O) groups is 1. The lowest BCUT2D eigenvalue weighted by Gasteiger charge is -2.34. The standard InChI is InChI=1S/C13H24N2O2/c1-9-7-10(14)3-4-12(9)13(16)15-6-5-11(8-15)17-2/h9-12H,3-8,14H2,1-2H3. The average molecular weight is 240 g/mol. The fourth-order valence-corrected chi connectivity index (χ4v) is 3.16. The summed E-state index contributed by atoms with van der Waals surface area (Å²) in [5.74, 6) is 0.933. The number of ether oxygens (including phenoxy) is 1. The molecule has 17 heavy (non-hydrogen) atoms. The second-order valence-corrected chi connectivity index (χ2v) is 5.59. The molecule has 4 atom stereocenters. The SMILES string of the molecule is COC1CCN(C(=O)C2CCC(N)CC2C)C1. The summed E-state index contributed by atoms with van der Waals surface area (Å²) in [4.78, 5) is 14.4. The molecule has 1 amide bonds. The van der Waals surface area contributed by atoms with Crippen LogP contribution in [0.2, 0.25) is 0 Å². The van der Waals surface area contributed by atoms with E-state index in [0.717, 1.165) is 38.8 Å². The molecule has 0 aromatic heterocycles. The molecule has 1 saturated heterocycles. The van der Waals surface area contributed by atoms with Crippen molar-refractivity contribution in [3.05, 3.63) is 0 Å². The van der Waals surface area contributed by atoms with Gasteiger partial charge in [-0.1, -0.05) is 6.92 Å². The van der Waals surface area contributed by atoms with Gasteiger partial charge < -0.3 is 15.4 Å². The van der Waals surface area contributed by atoms with Crippen molar-refractivity contribution in [2.75, 3.05) is 20.2 Å². The van der Waals surface area contributed by atoms with E-state index in [1.807, 2.05) is 4.90 Å². The highest BCUT2D eigenvalue weighted by atomic mass is 16.5. The Bertz CT molecular complexity index is 283. The van der Waals surface area contributed by atoms with Gasteiger partial charge in [0.15, 0.2) is 0 Å². The molecule has 0 aromatic rings. The minimum atomic E-state index is 0.186. The summed E-state index contributed by atoms with van der Waals surface area (Å²) in [5, 5.41) is 0. The summed E-state index contributed by atoms with van der Waals surface area (Å²) in [6.45, 7) is 3.78. The molecule has 2 rings (SSSR count). The molecule has 0 radical (unpaired) electrons. The normalized spacial score (nSPS) is 38.4. The molecule has 1 aliphatic carbocycles. The van der Waals surface area contributed by atoms with Crippen LogP contribution in [0.4, 0.5) is 0 Å². The van der Waals surface area contributed by atoms with Gasteiger partial charge in [-0.05, 0) is 31.6 Å². The zero-order valence-corrected chi connectivity index (χ0v) is 10.9. The summed E-state index contributed by atoms with van der Waals surface area (Å²) in [7, 11) is 1.72. The Balaban J connectivity index is 1.91. The number of hydrogen-bond acceptors (Lipinski definition) is 3. The van der Waals surface area contributed by atoms with E-state index in [-0.39, 0.29) is 12.0 Å². The lowest BCUT2D eigenvalue weighted by molar-refractivity contribution is -0.137. The van der Waals surface area contributed by atoms with E-state index < -0.39 is 0 Å². The van der Waals surface area contributed by atoms with Gasteiger partial charge in [0.1, 0.15) is 0 Å². The van der Waals surface area contributed by atoms with E-state index in [1.165, 1.54) is 0 Å². The third kappa shape index (κ3) is 2.80. The summed E-state index contributed by atoms with van der Waals surface area (Å²) < 4.78 is 5.31. The summed E-state index contributed by atoms with van der Waals surface area (Å²) in [6, 6.07) is 0.291. The van der Waals surface area contributed by atoms with E-state index in [1.54, 1.807) is 7.11 Å². The molecule has 1 saturated carbocycles. The number of rotatable bonds is 2. The number of nitrogens with two attached hydrogens (primary N) is 1. The highest BCUT2D eigenvalue weighted by molar-refractivity contribution is 5.79. The second kappa shape index (κ2) is 5.36. The molecule has 2 aliphatic rings. The Labute approximate surface area is 103 Å². The molecule has 0 spiro atoms. The van der Waals surface area contributed by atoms with Crippen LogP contribution in [0.3, 0.4) is 0 Å². The molecular formula is C13H24N2O2. The van der Waals surface area contributed by atoms with Crippen molar-refractivity contribution < 1.29 is 9.53 Å². The fourth-order valence-electron chi connectivity index (χ4n) is 3.16.